The van der Waals surface area contributed by atoms with Gasteiger partial charge >= 0.3 is 0 Å². The number of methoxy groups -OCH3 is 1. The SMILES string of the molecule is COc1ccc(CCNC(=O)c2cccc(C(=O)NCc3ccccn3)n2)cc1. The second kappa shape index (κ2) is 9.98. The molecule has 0 spiro atoms. The maximum Gasteiger partial charge on any atom is 0.270 e. The van der Waals surface area contributed by atoms with Gasteiger partial charge in [-0.2, -0.15) is 0 Å². The zero-order valence-electron chi connectivity index (χ0n) is 16.1. The Morgan fingerprint density at radius 2 is 1.62 bits per heavy atom. The van der Waals surface area contributed by atoms with Gasteiger partial charge in [0.1, 0.15) is 17.1 Å². The van der Waals surface area contributed by atoms with Crippen molar-refractivity contribution in [3.63, 3.8) is 0 Å². The van der Waals surface area contributed by atoms with E-state index in [4.69, 9.17) is 4.74 Å². The molecule has 0 unspecified atom stereocenters. The predicted molar refractivity (Wildman–Crippen MR) is 109 cm³/mol. The molecule has 2 N–H and O–H groups in total. The highest BCUT2D eigenvalue weighted by atomic mass is 16.5. The zero-order valence-corrected chi connectivity index (χ0v) is 16.1. The Kier molecular flexibility index (Phi) is 6.89. The number of benzene rings is 1. The zero-order chi connectivity index (χ0) is 20.5. The van der Waals surface area contributed by atoms with Gasteiger partial charge in [-0.25, -0.2) is 4.98 Å². The summed E-state index contributed by atoms with van der Waals surface area (Å²) in [6, 6.07) is 17.9. The van der Waals surface area contributed by atoms with Crippen molar-refractivity contribution in [2.24, 2.45) is 0 Å². The normalized spacial score (nSPS) is 10.2. The molecule has 0 aliphatic rings. The summed E-state index contributed by atoms with van der Waals surface area (Å²) in [5.74, 6) is 0.113. The first kappa shape index (κ1) is 20.0. The number of carbonyl (C=O) groups is 2. The van der Waals surface area contributed by atoms with E-state index < -0.39 is 0 Å². The molecule has 0 bridgehead atoms. The number of carbonyl (C=O) groups excluding carboxylic acids is 2. The van der Waals surface area contributed by atoms with E-state index in [0.717, 1.165) is 17.0 Å². The highest BCUT2D eigenvalue weighted by Gasteiger charge is 2.12. The van der Waals surface area contributed by atoms with Crippen LogP contribution in [-0.2, 0) is 13.0 Å². The fourth-order valence-electron chi connectivity index (χ4n) is 2.65. The number of amides is 2. The number of pyridine rings is 2. The van der Waals surface area contributed by atoms with Crippen LogP contribution in [-0.4, -0.2) is 35.4 Å². The highest BCUT2D eigenvalue weighted by molar-refractivity contribution is 5.96. The number of hydrogen-bond donors (Lipinski definition) is 2. The summed E-state index contributed by atoms with van der Waals surface area (Å²) in [6.45, 7) is 0.753. The van der Waals surface area contributed by atoms with Crippen LogP contribution in [0.25, 0.3) is 0 Å². The molecule has 0 aliphatic heterocycles. The van der Waals surface area contributed by atoms with Crippen molar-refractivity contribution >= 4 is 11.8 Å². The van der Waals surface area contributed by atoms with Gasteiger partial charge in [0.05, 0.1) is 19.3 Å². The fraction of sp³-hybridized carbons (Fsp3) is 0.182. The van der Waals surface area contributed by atoms with Gasteiger partial charge < -0.3 is 15.4 Å². The second-order valence-electron chi connectivity index (χ2n) is 6.27. The molecule has 0 atom stereocenters. The van der Waals surface area contributed by atoms with Crippen molar-refractivity contribution in [2.45, 2.75) is 13.0 Å². The van der Waals surface area contributed by atoms with E-state index in [1.165, 1.54) is 0 Å². The third-order valence-electron chi connectivity index (χ3n) is 4.23. The first-order valence-corrected chi connectivity index (χ1v) is 9.22. The lowest BCUT2D eigenvalue weighted by Crippen LogP contribution is -2.28. The summed E-state index contributed by atoms with van der Waals surface area (Å²) in [5.41, 5.74) is 2.21. The fourth-order valence-corrected chi connectivity index (χ4v) is 2.65. The minimum absolute atomic E-state index is 0.184. The Bertz CT molecular complexity index is 959. The molecule has 29 heavy (non-hydrogen) atoms. The van der Waals surface area contributed by atoms with E-state index in [2.05, 4.69) is 20.6 Å². The number of ether oxygens (including phenoxy) is 1. The van der Waals surface area contributed by atoms with Gasteiger partial charge in [0.25, 0.3) is 11.8 Å². The second-order valence-corrected chi connectivity index (χ2v) is 6.27. The van der Waals surface area contributed by atoms with Crippen molar-refractivity contribution in [3.05, 3.63) is 89.5 Å². The van der Waals surface area contributed by atoms with E-state index in [1.807, 2.05) is 42.5 Å². The molecule has 7 heteroatoms. The van der Waals surface area contributed by atoms with Crippen molar-refractivity contribution in [2.75, 3.05) is 13.7 Å². The van der Waals surface area contributed by atoms with Crippen LogP contribution in [0.1, 0.15) is 32.2 Å². The molecular formula is C22H22N4O3. The number of rotatable bonds is 8. The minimum atomic E-state index is -0.358. The Morgan fingerprint density at radius 1 is 0.897 bits per heavy atom. The molecule has 0 saturated heterocycles. The molecular weight excluding hydrogens is 368 g/mol. The van der Waals surface area contributed by atoms with Crippen LogP contribution in [0.4, 0.5) is 0 Å². The maximum absolute atomic E-state index is 12.4. The summed E-state index contributed by atoms with van der Waals surface area (Å²) < 4.78 is 5.13. The van der Waals surface area contributed by atoms with E-state index in [0.29, 0.717) is 19.5 Å². The van der Waals surface area contributed by atoms with E-state index in [1.54, 1.807) is 31.5 Å². The molecule has 1 aromatic carbocycles. The number of nitrogens with one attached hydrogen (secondary N) is 2. The van der Waals surface area contributed by atoms with Gasteiger partial charge in [0, 0.05) is 12.7 Å². The standard InChI is InChI=1S/C22H22N4O3/c1-29-18-10-8-16(9-11-18)12-14-24-21(27)19-6-4-7-20(26-19)22(28)25-15-17-5-2-3-13-23-17/h2-11,13H,12,14-15H2,1H3,(H,24,27)(H,25,28). The Labute approximate surface area is 169 Å². The minimum Gasteiger partial charge on any atom is -0.497 e. The van der Waals surface area contributed by atoms with Gasteiger partial charge in [-0.05, 0) is 48.4 Å². The quantitative estimate of drug-likeness (QED) is 0.616. The predicted octanol–water partition coefficient (Wildman–Crippen LogP) is 2.39. The first-order valence-electron chi connectivity index (χ1n) is 9.22. The first-order chi connectivity index (χ1) is 14.2. The van der Waals surface area contributed by atoms with Crippen LogP contribution < -0.4 is 15.4 Å². The third-order valence-corrected chi connectivity index (χ3v) is 4.23. The van der Waals surface area contributed by atoms with Crippen LogP contribution in [0, 0.1) is 0 Å². The molecule has 3 rings (SSSR count). The molecule has 2 amide bonds. The van der Waals surface area contributed by atoms with Crippen molar-refractivity contribution in [3.8, 4) is 5.75 Å². The molecule has 0 saturated carbocycles. The number of hydrogen-bond acceptors (Lipinski definition) is 5. The summed E-state index contributed by atoms with van der Waals surface area (Å²) in [6.07, 6.45) is 2.34. The Morgan fingerprint density at radius 3 is 2.28 bits per heavy atom. The molecule has 148 valence electrons. The molecule has 0 radical (unpaired) electrons. The summed E-state index contributed by atoms with van der Waals surface area (Å²) in [4.78, 5) is 33.0. The van der Waals surface area contributed by atoms with Crippen LogP contribution in [0.2, 0.25) is 0 Å². The topological polar surface area (TPSA) is 93.2 Å². The summed E-state index contributed by atoms with van der Waals surface area (Å²) in [7, 11) is 1.62. The highest BCUT2D eigenvalue weighted by Crippen LogP contribution is 2.11. The molecule has 7 nitrogen and oxygen atoms in total. The van der Waals surface area contributed by atoms with Gasteiger partial charge in [0.2, 0.25) is 0 Å². The van der Waals surface area contributed by atoms with Crippen molar-refractivity contribution in [1.29, 1.82) is 0 Å². The number of nitrogens with zero attached hydrogens (tertiary/aromatic N) is 2. The van der Waals surface area contributed by atoms with E-state index >= 15 is 0 Å². The third kappa shape index (κ3) is 5.87. The van der Waals surface area contributed by atoms with Crippen LogP contribution in [0.5, 0.6) is 5.75 Å². The van der Waals surface area contributed by atoms with Gasteiger partial charge in [-0.15, -0.1) is 0 Å². The average molecular weight is 390 g/mol. The van der Waals surface area contributed by atoms with E-state index in [9.17, 15) is 9.59 Å². The lowest BCUT2D eigenvalue weighted by atomic mass is 10.1. The van der Waals surface area contributed by atoms with Crippen LogP contribution >= 0.6 is 0 Å². The number of aromatic nitrogens is 2. The molecule has 3 aromatic rings. The lowest BCUT2D eigenvalue weighted by Gasteiger charge is -2.08. The summed E-state index contributed by atoms with van der Waals surface area (Å²) >= 11 is 0. The molecule has 0 fully saturated rings. The summed E-state index contributed by atoms with van der Waals surface area (Å²) in [5, 5.41) is 5.58. The van der Waals surface area contributed by atoms with Gasteiger partial charge in [-0.3, -0.25) is 14.6 Å². The van der Waals surface area contributed by atoms with Crippen molar-refractivity contribution in [1.82, 2.24) is 20.6 Å². The monoisotopic (exact) mass is 390 g/mol. The van der Waals surface area contributed by atoms with Crippen LogP contribution in [0.3, 0.4) is 0 Å². The molecule has 2 aromatic heterocycles. The van der Waals surface area contributed by atoms with Crippen molar-refractivity contribution < 1.29 is 14.3 Å². The smallest absolute Gasteiger partial charge is 0.270 e. The lowest BCUT2D eigenvalue weighted by molar-refractivity contribution is 0.0942. The van der Waals surface area contributed by atoms with Gasteiger partial charge in [-0.1, -0.05) is 24.3 Å². The van der Waals surface area contributed by atoms with Crippen LogP contribution in [0.15, 0.2) is 66.9 Å². The Hall–Kier alpha value is -3.74. The van der Waals surface area contributed by atoms with Gasteiger partial charge in [0.15, 0.2) is 0 Å². The molecule has 2 heterocycles. The Balaban J connectivity index is 1.52. The van der Waals surface area contributed by atoms with E-state index in [-0.39, 0.29) is 23.2 Å². The average Bonchev–Trinajstić information content (AvgIpc) is 2.78. The molecule has 0 aliphatic carbocycles. The maximum atomic E-state index is 12.4. The largest absolute Gasteiger partial charge is 0.497 e.